The smallest absolute Gasteiger partial charge is 0.409 e. The van der Waals surface area contributed by atoms with Crippen LogP contribution >= 0.6 is 0 Å². The molecule has 0 aromatic heterocycles. The Balaban J connectivity index is 3.69. The van der Waals surface area contributed by atoms with Crippen LogP contribution in [0.15, 0.2) is 0 Å². The molecule has 13 heavy (non-hydrogen) atoms. The predicted molar refractivity (Wildman–Crippen MR) is 50.6 cm³/mol. The van der Waals surface area contributed by atoms with E-state index in [1.165, 1.54) is 4.90 Å². The van der Waals surface area contributed by atoms with Crippen molar-refractivity contribution >= 4 is 6.09 Å². The van der Waals surface area contributed by atoms with E-state index in [1.54, 1.807) is 14.0 Å². The number of ether oxygens (including phenoxy) is 1. The van der Waals surface area contributed by atoms with Crippen molar-refractivity contribution in [2.75, 3.05) is 20.3 Å². The summed E-state index contributed by atoms with van der Waals surface area (Å²) in [5, 5.41) is 8.78. The molecule has 0 saturated carbocycles. The number of nitrogens with zero attached hydrogens (tertiary/aromatic N) is 1. The van der Waals surface area contributed by atoms with E-state index in [0.29, 0.717) is 6.61 Å². The van der Waals surface area contributed by atoms with E-state index in [-0.39, 0.29) is 18.7 Å². The van der Waals surface area contributed by atoms with Gasteiger partial charge >= 0.3 is 6.09 Å². The van der Waals surface area contributed by atoms with E-state index in [9.17, 15) is 4.79 Å². The first-order valence-electron chi connectivity index (χ1n) is 4.63. The zero-order valence-electron chi connectivity index (χ0n) is 8.62. The highest BCUT2D eigenvalue weighted by atomic mass is 16.6. The van der Waals surface area contributed by atoms with Crippen LogP contribution in [0.4, 0.5) is 4.79 Å². The van der Waals surface area contributed by atoms with E-state index in [0.717, 1.165) is 12.8 Å². The summed E-state index contributed by atoms with van der Waals surface area (Å²) < 4.78 is 4.94. The van der Waals surface area contributed by atoms with Gasteiger partial charge in [-0.15, -0.1) is 0 Å². The van der Waals surface area contributed by atoms with E-state index < -0.39 is 0 Å². The lowest BCUT2D eigenvalue weighted by Gasteiger charge is -2.22. The molecule has 0 aliphatic rings. The SMILES string of the molecule is CCCCOC(=O)N(C)[C@H](C)CO. The third kappa shape index (κ3) is 4.72. The molecule has 1 N–H and O–H groups in total. The number of hydrogen-bond donors (Lipinski definition) is 1. The van der Waals surface area contributed by atoms with Gasteiger partial charge in [-0.1, -0.05) is 13.3 Å². The van der Waals surface area contributed by atoms with Crippen molar-refractivity contribution in [3.8, 4) is 0 Å². The van der Waals surface area contributed by atoms with Crippen LogP contribution in [0.5, 0.6) is 0 Å². The average Bonchev–Trinajstić information content (AvgIpc) is 2.15. The van der Waals surface area contributed by atoms with Crippen molar-refractivity contribution < 1.29 is 14.6 Å². The van der Waals surface area contributed by atoms with E-state index >= 15 is 0 Å². The summed E-state index contributed by atoms with van der Waals surface area (Å²) in [4.78, 5) is 12.6. The minimum atomic E-state index is -0.366. The lowest BCUT2D eigenvalue weighted by atomic mass is 10.3. The number of unbranched alkanes of at least 4 members (excludes halogenated alkanes) is 1. The second-order valence-corrected chi connectivity index (χ2v) is 3.11. The molecule has 78 valence electrons. The Morgan fingerprint density at radius 2 is 2.23 bits per heavy atom. The van der Waals surface area contributed by atoms with Gasteiger partial charge in [-0.25, -0.2) is 4.79 Å². The molecule has 0 fully saturated rings. The molecule has 4 heteroatoms. The van der Waals surface area contributed by atoms with Crippen LogP contribution < -0.4 is 0 Å². The number of rotatable bonds is 5. The molecule has 1 amide bonds. The van der Waals surface area contributed by atoms with Gasteiger partial charge in [0, 0.05) is 7.05 Å². The third-order valence-electron chi connectivity index (χ3n) is 1.94. The number of carbonyl (C=O) groups is 1. The highest BCUT2D eigenvalue weighted by molar-refractivity contribution is 5.67. The van der Waals surface area contributed by atoms with Crippen LogP contribution in [-0.4, -0.2) is 42.4 Å². The van der Waals surface area contributed by atoms with Gasteiger partial charge in [0.05, 0.1) is 19.3 Å². The van der Waals surface area contributed by atoms with Gasteiger partial charge in [0.1, 0.15) is 0 Å². The van der Waals surface area contributed by atoms with Crippen LogP contribution in [0.2, 0.25) is 0 Å². The maximum Gasteiger partial charge on any atom is 0.409 e. The van der Waals surface area contributed by atoms with Crippen LogP contribution in [-0.2, 0) is 4.74 Å². The number of aliphatic hydroxyl groups excluding tert-OH is 1. The molecular formula is C9H19NO3. The highest BCUT2D eigenvalue weighted by Gasteiger charge is 2.15. The summed E-state index contributed by atoms with van der Waals surface area (Å²) in [5.74, 6) is 0. The van der Waals surface area contributed by atoms with Crippen LogP contribution in [0.3, 0.4) is 0 Å². The predicted octanol–water partition coefficient (Wildman–Crippen LogP) is 1.24. The number of aliphatic hydroxyl groups is 1. The molecule has 0 radical (unpaired) electrons. The topological polar surface area (TPSA) is 49.8 Å². The molecule has 0 aliphatic carbocycles. The Hall–Kier alpha value is -0.770. The summed E-state index contributed by atoms with van der Waals surface area (Å²) in [5.41, 5.74) is 0. The molecule has 0 aliphatic heterocycles. The maximum absolute atomic E-state index is 11.2. The van der Waals surface area contributed by atoms with E-state index in [1.807, 2.05) is 6.92 Å². The normalized spacial score (nSPS) is 12.3. The van der Waals surface area contributed by atoms with E-state index in [2.05, 4.69) is 0 Å². The first kappa shape index (κ1) is 12.2. The van der Waals surface area contributed by atoms with Gasteiger partial charge in [-0.3, -0.25) is 0 Å². The highest BCUT2D eigenvalue weighted by Crippen LogP contribution is 1.99. The van der Waals surface area contributed by atoms with Gasteiger partial charge in [0.2, 0.25) is 0 Å². The lowest BCUT2D eigenvalue weighted by Crippen LogP contribution is -2.37. The van der Waals surface area contributed by atoms with Gasteiger partial charge in [-0.2, -0.15) is 0 Å². The molecule has 0 bridgehead atoms. The van der Waals surface area contributed by atoms with Gasteiger partial charge in [-0.05, 0) is 13.3 Å². The zero-order valence-corrected chi connectivity index (χ0v) is 8.62. The number of hydrogen-bond acceptors (Lipinski definition) is 3. The summed E-state index contributed by atoms with van der Waals surface area (Å²) in [6, 6.07) is -0.186. The Morgan fingerprint density at radius 1 is 1.62 bits per heavy atom. The molecule has 0 spiro atoms. The Labute approximate surface area is 79.5 Å². The van der Waals surface area contributed by atoms with E-state index in [4.69, 9.17) is 9.84 Å². The quantitative estimate of drug-likeness (QED) is 0.662. The fraction of sp³-hybridized carbons (Fsp3) is 0.889. The van der Waals surface area contributed by atoms with Gasteiger partial charge < -0.3 is 14.7 Å². The average molecular weight is 189 g/mol. The van der Waals surface area contributed by atoms with Gasteiger partial charge in [0.25, 0.3) is 0 Å². The minimum absolute atomic E-state index is 0.0423. The number of carbonyl (C=O) groups excluding carboxylic acids is 1. The molecule has 0 unspecified atom stereocenters. The number of amides is 1. The van der Waals surface area contributed by atoms with Crippen molar-refractivity contribution in [1.82, 2.24) is 4.90 Å². The summed E-state index contributed by atoms with van der Waals surface area (Å²) in [6.45, 7) is 4.21. The minimum Gasteiger partial charge on any atom is -0.449 e. The fourth-order valence-corrected chi connectivity index (χ4v) is 0.708. The maximum atomic E-state index is 11.2. The van der Waals surface area contributed by atoms with Gasteiger partial charge in [0.15, 0.2) is 0 Å². The molecule has 0 rings (SSSR count). The Kier molecular flexibility index (Phi) is 6.32. The van der Waals surface area contributed by atoms with Crippen molar-refractivity contribution in [3.05, 3.63) is 0 Å². The molecule has 4 nitrogen and oxygen atoms in total. The second kappa shape index (κ2) is 6.71. The first-order valence-corrected chi connectivity index (χ1v) is 4.63. The van der Waals surface area contributed by atoms with Crippen LogP contribution in [0.25, 0.3) is 0 Å². The van der Waals surface area contributed by atoms with Crippen molar-refractivity contribution in [1.29, 1.82) is 0 Å². The first-order chi connectivity index (χ1) is 6.13. The van der Waals surface area contributed by atoms with Crippen molar-refractivity contribution in [2.24, 2.45) is 0 Å². The van der Waals surface area contributed by atoms with Crippen LogP contribution in [0, 0.1) is 0 Å². The fourth-order valence-electron chi connectivity index (χ4n) is 0.708. The number of likely N-dealkylation sites (N-methyl/N-ethyl adjacent to an activating group) is 1. The lowest BCUT2D eigenvalue weighted by molar-refractivity contribution is 0.0844. The molecule has 0 saturated heterocycles. The second-order valence-electron chi connectivity index (χ2n) is 3.11. The van der Waals surface area contributed by atoms with Crippen molar-refractivity contribution in [2.45, 2.75) is 32.7 Å². The summed E-state index contributed by atoms with van der Waals surface area (Å²) in [6.07, 6.45) is 1.52. The zero-order chi connectivity index (χ0) is 10.3. The Bertz CT molecular complexity index is 150. The summed E-state index contributed by atoms with van der Waals surface area (Å²) in [7, 11) is 1.62. The Morgan fingerprint density at radius 3 is 2.69 bits per heavy atom. The summed E-state index contributed by atoms with van der Waals surface area (Å²) >= 11 is 0. The standard InChI is InChI=1S/C9H19NO3/c1-4-5-6-13-9(12)10(3)8(2)7-11/h8,11H,4-7H2,1-3H3/t8-/m1/s1. The largest absolute Gasteiger partial charge is 0.449 e. The van der Waals surface area contributed by atoms with Crippen molar-refractivity contribution in [3.63, 3.8) is 0 Å². The van der Waals surface area contributed by atoms with Crippen LogP contribution in [0.1, 0.15) is 26.7 Å². The third-order valence-corrected chi connectivity index (χ3v) is 1.94. The monoisotopic (exact) mass is 189 g/mol. The molecule has 0 aromatic rings. The molecule has 0 heterocycles. The molecule has 0 aromatic carbocycles. The molecular weight excluding hydrogens is 170 g/mol. The molecule has 1 atom stereocenters.